The van der Waals surface area contributed by atoms with Crippen LogP contribution in [0.2, 0.25) is 0 Å². The quantitative estimate of drug-likeness (QED) is 0.654. The number of carbonyl (C=O) groups excluding carboxylic acids is 1. The van der Waals surface area contributed by atoms with E-state index < -0.39 is 0 Å². The van der Waals surface area contributed by atoms with Gasteiger partial charge in [0, 0.05) is 31.3 Å². The second-order valence-corrected chi connectivity index (χ2v) is 5.50. The van der Waals surface area contributed by atoms with E-state index in [-0.39, 0.29) is 28.7 Å². The van der Waals surface area contributed by atoms with Crippen molar-refractivity contribution in [3.8, 4) is 0 Å². The van der Waals surface area contributed by atoms with Gasteiger partial charge in [-0.1, -0.05) is 0 Å². The summed E-state index contributed by atoms with van der Waals surface area (Å²) in [6.45, 7) is 0. The van der Waals surface area contributed by atoms with E-state index in [1.807, 2.05) is 0 Å². The topological polar surface area (TPSA) is 93.5 Å². The summed E-state index contributed by atoms with van der Waals surface area (Å²) in [6, 6.07) is 3.40. The highest BCUT2D eigenvalue weighted by molar-refractivity contribution is 5.95. The van der Waals surface area contributed by atoms with Crippen molar-refractivity contribution in [1.29, 1.82) is 0 Å². The fourth-order valence-corrected chi connectivity index (χ4v) is 2.78. The number of hydrogen-bond acceptors (Lipinski definition) is 5. The summed E-state index contributed by atoms with van der Waals surface area (Å²) >= 11 is 0. The van der Waals surface area contributed by atoms with E-state index >= 15 is 0 Å². The molecule has 2 aliphatic rings. The van der Waals surface area contributed by atoms with Crippen LogP contribution in [0.15, 0.2) is 12.1 Å². The molecule has 3 rings (SSSR count). The van der Waals surface area contributed by atoms with Crippen LogP contribution < -0.4 is 10.6 Å². The third-order valence-electron chi connectivity index (χ3n) is 4.10. The summed E-state index contributed by atoms with van der Waals surface area (Å²) in [5.41, 5.74) is 2.00. The smallest absolute Gasteiger partial charge is 0.292 e. The molecule has 0 bridgehead atoms. The van der Waals surface area contributed by atoms with Gasteiger partial charge in [-0.15, -0.1) is 0 Å². The van der Waals surface area contributed by atoms with Crippen molar-refractivity contribution >= 4 is 23.0 Å². The van der Waals surface area contributed by atoms with Gasteiger partial charge in [0.1, 0.15) is 5.69 Å². The van der Waals surface area contributed by atoms with Crippen molar-refractivity contribution in [2.75, 3.05) is 17.7 Å². The molecule has 0 saturated heterocycles. The average molecular weight is 291 g/mol. The number of nitrogens with one attached hydrogen (secondary N) is 2. The van der Waals surface area contributed by atoms with E-state index in [2.05, 4.69) is 10.6 Å². The summed E-state index contributed by atoms with van der Waals surface area (Å²) < 4.78 is 5.21. The summed E-state index contributed by atoms with van der Waals surface area (Å²) in [4.78, 5) is 22.3. The number of carbonyl (C=O) groups is 1. The van der Waals surface area contributed by atoms with Crippen LogP contribution >= 0.6 is 0 Å². The van der Waals surface area contributed by atoms with Crippen LogP contribution in [0.3, 0.4) is 0 Å². The Morgan fingerprint density at radius 1 is 1.38 bits per heavy atom. The number of nitro benzene ring substituents is 1. The highest BCUT2D eigenvalue weighted by Gasteiger charge is 2.31. The lowest BCUT2D eigenvalue weighted by atomic mass is 9.89. The Balaban J connectivity index is 1.85. The van der Waals surface area contributed by atoms with E-state index in [0.29, 0.717) is 24.2 Å². The number of nitro groups is 1. The molecule has 1 heterocycles. The summed E-state index contributed by atoms with van der Waals surface area (Å²) in [5, 5.41) is 17.2. The number of fused-ring (bicyclic) bond motifs is 1. The number of aryl methyl sites for hydroxylation is 1. The molecular weight excluding hydrogens is 274 g/mol. The summed E-state index contributed by atoms with van der Waals surface area (Å²) in [6.07, 6.45) is 2.79. The summed E-state index contributed by atoms with van der Waals surface area (Å²) in [7, 11) is 1.66. The molecule has 0 radical (unpaired) electrons. The zero-order chi connectivity index (χ0) is 15.0. The molecule has 21 heavy (non-hydrogen) atoms. The van der Waals surface area contributed by atoms with Crippen molar-refractivity contribution in [3.63, 3.8) is 0 Å². The first-order valence-electron chi connectivity index (χ1n) is 6.97. The van der Waals surface area contributed by atoms with Crippen LogP contribution in [0.1, 0.15) is 24.8 Å². The Morgan fingerprint density at radius 3 is 2.81 bits per heavy atom. The zero-order valence-corrected chi connectivity index (χ0v) is 11.7. The fourth-order valence-electron chi connectivity index (χ4n) is 2.78. The molecule has 112 valence electrons. The normalized spacial score (nSPS) is 23.8. The van der Waals surface area contributed by atoms with Gasteiger partial charge in [-0.05, 0) is 30.9 Å². The maximum Gasteiger partial charge on any atom is 0.292 e. The molecule has 7 nitrogen and oxygen atoms in total. The van der Waals surface area contributed by atoms with E-state index in [4.69, 9.17) is 4.74 Å². The second-order valence-electron chi connectivity index (χ2n) is 5.50. The maximum absolute atomic E-state index is 11.4. The largest absolute Gasteiger partial charge is 0.381 e. The summed E-state index contributed by atoms with van der Waals surface area (Å²) in [5.74, 6) is -0.0506. The highest BCUT2D eigenvalue weighted by Crippen LogP contribution is 2.36. The van der Waals surface area contributed by atoms with E-state index in [0.717, 1.165) is 18.4 Å². The molecular formula is C14H17N3O4. The van der Waals surface area contributed by atoms with Gasteiger partial charge in [0.15, 0.2) is 0 Å². The molecule has 0 atom stereocenters. The van der Waals surface area contributed by atoms with Gasteiger partial charge in [-0.3, -0.25) is 14.9 Å². The van der Waals surface area contributed by atoms with Crippen LogP contribution in [0.4, 0.5) is 17.1 Å². The number of ether oxygens (including phenoxy) is 1. The SMILES string of the molecule is COC1CC(Nc2cc3c(cc2[N+](=O)[O-])CCC(=O)N3)C1. The minimum Gasteiger partial charge on any atom is -0.381 e. The van der Waals surface area contributed by atoms with Crippen molar-refractivity contribution in [1.82, 2.24) is 0 Å². The van der Waals surface area contributed by atoms with Gasteiger partial charge in [-0.2, -0.15) is 0 Å². The van der Waals surface area contributed by atoms with Gasteiger partial charge < -0.3 is 15.4 Å². The molecule has 0 unspecified atom stereocenters. The predicted octanol–water partition coefficient (Wildman–Crippen LogP) is 2.07. The van der Waals surface area contributed by atoms with Crippen LogP contribution in [0, 0.1) is 10.1 Å². The molecule has 1 fully saturated rings. The lowest BCUT2D eigenvalue weighted by molar-refractivity contribution is -0.384. The van der Waals surface area contributed by atoms with Gasteiger partial charge in [0.2, 0.25) is 5.91 Å². The highest BCUT2D eigenvalue weighted by atomic mass is 16.6. The Labute approximate surface area is 121 Å². The van der Waals surface area contributed by atoms with Gasteiger partial charge >= 0.3 is 0 Å². The number of amides is 1. The number of benzene rings is 1. The average Bonchev–Trinajstić information content (AvgIpc) is 2.41. The Kier molecular flexibility index (Phi) is 3.50. The molecule has 0 spiro atoms. The first kappa shape index (κ1) is 13.8. The number of hydrogen-bond donors (Lipinski definition) is 2. The zero-order valence-electron chi connectivity index (χ0n) is 11.7. The first-order chi connectivity index (χ1) is 10.1. The van der Waals surface area contributed by atoms with Crippen LogP contribution in [-0.2, 0) is 16.0 Å². The standard InChI is InChI=1S/C14H17N3O4/c1-21-10-5-9(6-10)15-12-7-11-8(2-3-14(18)16-11)4-13(12)17(19)20/h4,7,9-10,15H,2-3,5-6H2,1H3,(H,16,18). The number of anilines is 2. The van der Waals surface area contributed by atoms with E-state index in [9.17, 15) is 14.9 Å². The van der Waals surface area contributed by atoms with E-state index in [1.165, 1.54) is 0 Å². The number of rotatable bonds is 4. The maximum atomic E-state index is 11.4. The van der Waals surface area contributed by atoms with Gasteiger partial charge in [0.05, 0.1) is 11.0 Å². The van der Waals surface area contributed by atoms with Crippen LogP contribution in [0.25, 0.3) is 0 Å². The third-order valence-corrected chi connectivity index (χ3v) is 4.10. The van der Waals surface area contributed by atoms with E-state index in [1.54, 1.807) is 19.2 Å². The Morgan fingerprint density at radius 2 is 2.14 bits per heavy atom. The van der Waals surface area contributed by atoms with Gasteiger partial charge in [-0.25, -0.2) is 0 Å². The molecule has 1 aliphatic heterocycles. The molecule has 1 amide bonds. The predicted molar refractivity (Wildman–Crippen MR) is 77.5 cm³/mol. The number of nitrogens with zero attached hydrogens (tertiary/aromatic N) is 1. The molecule has 1 aliphatic carbocycles. The number of methoxy groups -OCH3 is 1. The van der Waals surface area contributed by atoms with Crippen LogP contribution in [0.5, 0.6) is 0 Å². The molecule has 2 N–H and O–H groups in total. The molecule has 7 heteroatoms. The molecule has 1 aromatic rings. The molecule has 1 aromatic carbocycles. The van der Waals surface area contributed by atoms with Crippen molar-refractivity contribution in [2.24, 2.45) is 0 Å². The third kappa shape index (κ3) is 2.69. The first-order valence-corrected chi connectivity index (χ1v) is 6.97. The lowest BCUT2D eigenvalue weighted by Crippen LogP contribution is -2.40. The monoisotopic (exact) mass is 291 g/mol. The van der Waals surface area contributed by atoms with Crippen LogP contribution in [-0.4, -0.2) is 30.1 Å². The van der Waals surface area contributed by atoms with Crippen molar-refractivity contribution in [3.05, 3.63) is 27.8 Å². The molecule has 1 saturated carbocycles. The second kappa shape index (κ2) is 5.33. The minimum absolute atomic E-state index is 0.0506. The fraction of sp³-hybridized carbons (Fsp3) is 0.500. The van der Waals surface area contributed by atoms with Gasteiger partial charge in [0.25, 0.3) is 5.69 Å². The lowest BCUT2D eigenvalue weighted by Gasteiger charge is -2.35. The minimum atomic E-state index is -0.383. The molecule has 0 aromatic heterocycles. The Hall–Kier alpha value is -2.15. The van der Waals surface area contributed by atoms with Crippen molar-refractivity contribution in [2.45, 2.75) is 37.8 Å². The van der Waals surface area contributed by atoms with Crippen molar-refractivity contribution < 1.29 is 14.5 Å². The Bertz CT molecular complexity index is 596.